The Kier molecular flexibility index (Phi) is 3.11. The van der Waals surface area contributed by atoms with Crippen LogP contribution in [0.15, 0.2) is 6.33 Å². The van der Waals surface area contributed by atoms with Gasteiger partial charge in [-0.15, -0.1) is 0 Å². The summed E-state index contributed by atoms with van der Waals surface area (Å²) < 4.78 is 5.15. The number of carbonyl (C=O) groups is 1. The third kappa shape index (κ3) is 1.98. The van der Waals surface area contributed by atoms with Gasteiger partial charge in [-0.2, -0.15) is 0 Å². The lowest BCUT2D eigenvalue weighted by Crippen LogP contribution is -2.32. The Hall–Kier alpha value is -1.85. The molecule has 1 aliphatic rings. The summed E-state index contributed by atoms with van der Waals surface area (Å²) in [5, 5.41) is 9.22. The van der Waals surface area contributed by atoms with E-state index in [1.54, 1.807) is 14.0 Å². The first-order chi connectivity index (χ1) is 8.48. The number of anilines is 1. The minimum Gasteiger partial charge on any atom is -0.481 e. The summed E-state index contributed by atoms with van der Waals surface area (Å²) in [5.41, 5.74) is 0.139. The molecule has 6 nitrogen and oxygen atoms in total. The molecular weight excluding hydrogens is 234 g/mol. The molecule has 0 spiro atoms. The van der Waals surface area contributed by atoms with Gasteiger partial charge in [0.25, 0.3) is 0 Å². The highest BCUT2D eigenvalue weighted by molar-refractivity contribution is 5.76. The zero-order chi connectivity index (χ0) is 13.3. The van der Waals surface area contributed by atoms with Gasteiger partial charge < -0.3 is 14.7 Å². The maximum Gasteiger partial charge on any atom is 0.311 e. The van der Waals surface area contributed by atoms with E-state index in [4.69, 9.17) is 4.74 Å². The Balaban J connectivity index is 2.27. The summed E-state index contributed by atoms with van der Waals surface area (Å²) in [4.78, 5) is 21.5. The third-order valence-electron chi connectivity index (χ3n) is 3.49. The van der Waals surface area contributed by atoms with E-state index in [1.165, 1.54) is 6.33 Å². The average molecular weight is 251 g/mol. The highest BCUT2D eigenvalue weighted by Gasteiger charge is 2.41. The molecule has 18 heavy (non-hydrogen) atoms. The van der Waals surface area contributed by atoms with E-state index < -0.39 is 11.4 Å². The minimum absolute atomic E-state index is 0.462. The molecule has 2 rings (SSSR count). The molecule has 1 aromatic rings. The minimum atomic E-state index is -0.760. The second kappa shape index (κ2) is 4.44. The molecule has 1 fully saturated rings. The molecule has 2 heterocycles. The number of hydrogen-bond donors (Lipinski definition) is 1. The molecular formula is C12H17N3O3. The van der Waals surface area contributed by atoms with Gasteiger partial charge in [0, 0.05) is 13.1 Å². The first-order valence-electron chi connectivity index (χ1n) is 5.82. The zero-order valence-electron chi connectivity index (χ0n) is 10.8. The van der Waals surface area contributed by atoms with Crippen molar-refractivity contribution >= 4 is 11.8 Å². The Morgan fingerprint density at radius 3 is 2.83 bits per heavy atom. The molecule has 0 amide bonds. The van der Waals surface area contributed by atoms with Crippen molar-refractivity contribution in [2.75, 3.05) is 25.1 Å². The number of aliphatic carboxylic acids is 1. The number of ether oxygens (including phenoxy) is 1. The van der Waals surface area contributed by atoms with Gasteiger partial charge in [0.2, 0.25) is 5.88 Å². The number of aromatic nitrogens is 2. The van der Waals surface area contributed by atoms with Crippen LogP contribution in [0.3, 0.4) is 0 Å². The summed E-state index contributed by atoms with van der Waals surface area (Å²) in [5.74, 6) is 0.527. The molecule has 6 heteroatoms. The Morgan fingerprint density at radius 2 is 2.28 bits per heavy atom. The summed E-state index contributed by atoms with van der Waals surface area (Å²) >= 11 is 0. The lowest BCUT2D eigenvalue weighted by atomic mass is 9.90. The van der Waals surface area contributed by atoms with Crippen LogP contribution >= 0.6 is 0 Å². The van der Waals surface area contributed by atoms with Crippen LogP contribution in [-0.2, 0) is 4.79 Å². The van der Waals surface area contributed by atoms with Gasteiger partial charge in [0.15, 0.2) is 0 Å². The van der Waals surface area contributed by atoms with E-state index in [2.05, 4.69) is 9.97 Å². The van der Waals surface area contributed by atoms with Crippen LogP contribution in [0.2, 0.25) is 0 Å². The van der Waals surface area contributed by atoms with Crippen molar-refractivity contribution in [3.8, 4) is 5.88 Å². The molecule has 1 aliphatic heterocycles. The quantitative estimate of drug-likeness (QED) is 0.866. The summed E-state index contributed by atoms with van der Waals surface area (Å²) in [6.45, 7) is 4.79. The van der Waals surface area contributed by atoms with Crippen molar-refractivity contribution in [3.63, 3.8) is 0 Å². The first kappa shape index (κ1) is 12.6. The van der Waals surface area contributed by atoms with Crippen molar-refractivity contribution in [3.05, 3.63) is 11.9 Å². The van der Waals surface area contributed by atoms with Crippen LogP contribution in [0.1, 0.15) is 18.9 Å². The fourth-order valence-corrected chi connectivity index (χ4v) is 2.27. The van der Waals surface area contributed by atoms with Crippen molar-refractivity contribution in [1.29, 1.82) is 0 Å². The Bertz CT molecular complexity index is 478. The highest BCUT2D eigenvalue weighted by Crippen LogP contribution is 2.35. The van der Waals surface area contributed by atoms with Gasteiger partial charge in [0.1, 0.15) is 12.1 Å². The summed E-state index contributed by atoms with van der Waals surface area (Å²) in [6.07, 6.45) is 2.06. The summed E-state index contributed by atoms with van der Waals surface area (Å²) in [6, 6.07) is 0. The first-order valence-corrected chi connectivity index (χ1v) is 5.82. The monoisotopic (exact) mass is 251 g/mol. The van der Waals surface area contributed by atoms with Crippen LogP contribution in [-0.4, -0.2) is 41.2 Å². The molecule has 1 N–H and O–H groups in total. The molecule has 0 bridgehead atoms. The fourth-order valence-electron chi connectivity index (χ4n) is 2.27. The molecule has 1 aromatic heterocycles. The van der Waals surface area contributed by atoms with Gasteiger partial charge in [-0.1, -0.05) is 0 Å². The highest BCUT2D eigenvalue weighted by atomic mass is 16.5. The van der Waals surface area contributed by atoms with Crippen LogP contribution < -0.4 is 9.64 Å². The number of carboxylic acids is 1. The Morgan fingerprint density at radius 1 is 1.56 bits per heavy atom. The zero-order valence-corrected chi connectivity index (χ0v) is 10.8. The van der Waals surface area contributed by atoms with Crippen LogP contribution in [0.25, 0.3) is 0 Å². The molecule has 0 radical (unpaired) electrons. The van der Waals surface area contributed by atoms with Gasteiger partial charge in [0.05, 0.1) is 18.1 Å². The molecule has 0 aromatic carbocycles. The van der Waals surface area contributed by atoms with E-state index in [1.807, 2.05) is 11.8 Å². The van der Waals surface area contributed by atoms with Gasteiger partial charge >= 0.3 is 5.97 Å². The number of carboxylic acid groups (broad SMARTS) is 1. The lowest BCUT2D eigenvalue weighted by molar-refractivity contribution is -0.146. The van der Waals surface area contributed by atoms with Crippen LogP contribution in [0.4, 0.5) is 5.82 Å². The van der Waals surface area contributed by atoms with Crippen molar-refractivity contribution in [1.82, 2.24) is 9.97 Å². The van der Waals surface area contributed by atoms with E-state index in [9.17, 15) is 9.90 Å². The molecule has 0 saturated carbocycles. The van der Waals surface area contributed by atoms with E-state index in [0.29, 0.717) is 25.4 Å². The van der Waals surface area contributed by atoms with Crippen molar-refractivity contribution in [2.24, 2.45) is 5.41 Å². The second-order valence-electron chi connectivity index (χ2n) is 4.87. The van der Waals surface area contributed by atoms with Gasteiger partial charge in [-0.25, -0.2) is 9.97 Å². The van der Waals surface area contributed by atoms with E-state index in [-0.39, 0.29) is 0 Å². The van der Waals surface area contributed by atoms with Crippen molar-refractivity contribution < 1.29 is 14.6 Å². The number of nitrogens with zero attached hydrogens (tertiary/aromatic N) is 3. The Labute approximate surface area is 106 Å². The normalized spacial score (nSPS) is 23.2. The SMILES string of the molecule is COc1ncnc(N2CCC(C)(C(=O)O)C2)c1C. The second-order valence-corrected chi connectivity index (χ2v) is 4.87. The molecule has 1 unspecified atom stereocenters. The van der Waals surface area contributed by atoms with Crippen LogP contribution in [0.5, 0.6) is 5.88 Å². The topological polar surface area (TPSA) is 75.6 Å². The third-order valence-corrected chi connectivity index (χ3v) is 3.49. The fraction of sp³-hybridized carbons (Fsp3) is 0.583. The standard InChI is InChI=1S/C12H17N3O3/c1-8-9(13-7-14-10(8)18-3)15-5-4-12(2,6-15)11(16)17/h7H,4-6H2,1-3H3,(H,16,17). The number of rotatable bonds is 3. The van der Waals surface area contributed by atoms with Gasteiger partial charge in [-0.05, 0) is 20.3 Å². The molecule has 98 valence electrons. The average Bonchev–Trinajstić information content (AvgIpc) is 2.73. The number of methoxy groups -OCH3 is 1. The molecule has 0 aliphatic carbocycles. The van der Waals surface area contributed by atoms with E-state index >= 15 is 0 Å². The largest absolute Gasteiger partial charge is 0.481 e. The van der Waals surface area contributed by atoms with Crippen LogP contribution in [0, 0.1) is 12.3 Å². The number of hydrogen-bond acceptors (Lipinski definition) is 5. The molecule has 1 atom stereocenters. The predicted molar refractivity (Wildman–Crippen MR) is 65.9 cm³/mol. The maximum atomic E-state index is 11.2. The smallest absolute Gasteiger partial charge is 0.311 e. The van der Waals surface area contributed by atoms with E-state index in [0.717, 1.165) is 11.4 Å². The summed E-state index contributed by atoms with van der Waals surface area (Å²) in [7, 11) is 1.56. The van der Waals surface area contributed by atoms with Crippen molar-refractivity contribution in [2.45, 2.75) is 20.3 Å². The molecule has 1 saturated heterocycles. The predicted octanol–water partition coefficient (Wildman–Crippen LogP) is 1.09. The van der Waals surface area contributed by atoms with Gasteiger partial charge in [-0.3, -0.25) is 4.79 Å². The maximum absolute atomic E-state index is 11.2. The lowest BCUT2D eigenvalue weighted by Gasteiger charge is -2.22.